The van der Waals surface area contributed by atoms with Gasteiger partial charge in [0.05, 0.1) is 0 Å². The molecule has 0 amide bonds. The second kappa shape index (κ2) is 5.47. The van der Waals surface area contributed by atoms with Gasteiger partial charge in [0.1, 0.15) is 4.21 Å². The van der Waals surface area contributed by atoms with Crippen LogP contribution in [0.15, 0.2) is 39.9 Å². The summed E-state index contributed by atoms with van der Waals surface area (Å²) >= 11 is 1.25. The van der Waals surface area contributed by atoms with E-state index in [1.165, 1.54) is 33.5 Å². The van der Waals surface area contributed by atoms with Gasteiger partial charge in [-0.25, -0.2) is 13.1 Å². The zero-order valence-corrected chi connectivity index (χ0v) is 14.4. The van der Waals surface area contributed by atoms with E-state index >= 15 is 0 Å². The number of rotatable bonds is 3. The lowest BCUT2D eigenvalue weighted by molar-refractivity contribution is 0.507. The second-order valence-electron chi connectivity index (χ2n) is 6.12. The largest absolute Gasteiger partial charge is 0.358 e. The molecule has 3 aromatic rings. The molecule has 1 atom stereocenters. The first-order valence-corrected chi connectivity index (χ1v) is 10.0. The van der Waals surface area contributed by atoms with Crippen LogP contribution in [0.2, 0.25) is 0 Å². The van der Waals surface area contributed by atoms with E-state index in [9.17, 15) is 8.42 Å². The first-order valence-electron chi connectivity index (χ1n) is 7.69. The van der Waals surface area contributed by atoms with Gasteiger partial charge in [0.15, 0.2) is 0 Å². The molecular formula is C17H18N2O2S2. The molecule has 4 rings (SSSR count). The van der Waals surface area contributed by atoms with Crippen LogP contribution in [0.1, 0.15) is 23.2 Å². The van der Waals surface area contributed by atoms with Gasteiger partial charge in [0.2, 0.25) is 10.0 Å². The molecule has 1 aromatic carbocycles. The number of thiophene rings is 1. The molecule has 2 heterocycles. The lowest BCUT2D eigenvalue weighted by Gasteiger charge is -2.23. The zero-order valence-electron chi connectivity index (χ0n) is 12.8. The number of aromatic nitrogens is 1. The number of aromatic amines is 1. The third-order valence-electron chi connectivity index (χ3n) is 4.43. The predicted octanol–water partition coefficient (Wildman–Crippen LogP) is 3.37. The first kappa shape index (κ1) is 14.9. The van der Waals surface area contributed by atoms with Gasteiger partial charge in [-0.2, -0.15) is 0 Å². The summed E-state index contributed by atoms with van der Waals surface area (Å²) in [6, 6.07) is 9.75. The maximum absolute atomic E-state index is 12.4. The fraction of sp³-hybridized carbons (Fsp3) is 0.294. The van der Waals surface area contributed by atoms with Crippen molar-refractivity contribution in [2.24, 2.45) is 0 Å². The van der Waals surface area contributed by atoms with E-state index in [1.54, 1.807) is 17.5 Å². The molecule has 0 bridgehead atoms. The Balaban J connectivity index is 1.64. The summed E-state index contributed by atoms with van der Waals surface area (Å²) in [5, 5.41) is 3.01. The smallest absolute Gasteiger partial charge is 0.250 e. The number of benzene rings is 1. The van der Waals surface area contributed by atoms with E-state index in [1.807, 2.05) is 0 Å². The normalized spacial score (nSPS) is 18.2. The number of aryl methyl sites for hydroxylation is 2. The molecule has 120 valence electrons. The van der Waals surface area contributed by atoms with E-state index in [2.05, 4.69) is 34.8 Å². The number of fused-ring (bicyclic) bond motifs is 3. The summed E-state index contributed by atoms with van der Waals surface area (Å²) in [6.07, 6.45) is 2.44. The molecule has 4 nitrogen and oxygen atoms in total. The van der Waals surface area contributed by atoms with Crippen LogP contribution in [0.4, 0.5) is 0 Å². The van der Waals surface area contributed by atoms with Crippen LogP contribution < -0.4 is 4.72 Å². The van der Waals surface area contributed by atoms with Gasteiger partial charge in [0, 0.05) is 22.6 Å². The summed E-state index contributed by atoms with van der Waals surface area (Å²) in [4.78, 5) is 3.48. The molecule has 1 aliphatic rings. The van der Waals surface area contributed by atoms with E-state index in [0.29, 0.717) is 4.21 Å². The Morgan fingerprint density at radius 1 is 1.30 bits per heavy atom. The highest BCUT2D eigenvalue weighted by Crippen LogP contribution is 2.30. The van der Waals surface area contributed by atoms with Gasteiger partial charge in [0.25, 0.3) is 0 Å². The average molecular weight is 346 g/mol. The van der Waals surface area contributed by atoms with E-state index in [0.717, 1.165) is 24.8 Å². The number of hydrogen-bond donors (Lipinski definition) is 2. The van der Waals surface area contributed by atoms with Gasteiger partial charge in [-0.1, -0.05) is 17.7 Å². The third kappa shape index (κ3) is 2.71. The van der Waals surface area contributed by atoms with Crippen LogP contribution in [0.25, 0.3) is 10.9 Å². The Bertz CT molecular complexity index is 956. The van der Waals surface area contributed by atoms with Gasteiger partial charge >= 0.3 is 0 Å². The molecule has 0 saturated carbocycles. The maximum atomic E-state index is 12.4. The topological polar surface area (TPSA) is 62.0 Å². The predicted molar refractivity (Wildman–Crippen MR) is 93.5 cm³/mol. The Hall–Kier alpha value is -1.63. The van der Waals surface area contributed by atoms with Crippen LogP contribution >= 0.6 is 11.3 Å². The summed E-state index contributed by atoms with van der Waals surface area (Å²) in [5.74, 6) is 0. The van der Waals surface area contributed by atoms with Crippen LogP contribution in [0.5, 0.6) is 0 Å². The summed E-state index contributed by atoms with van der Waals surface area (Å²) in [7, 11) is -3.41. The second-order valence-corrected chi connectivity index (χ2v) is 9.01. The first-order chi connectivity index (χ1) is 11.0. The SMILES string of the molecule is Cc1ccc2[nH]c3c(c2c1)CC(NS(=O)(=O)c1cccs1)CC3. The molecule has 0 aliphatic heterocycles. The molecule has 2 aromatic heterocycles. The van der Waals surface area contributed by atoms with E-state index in [-0.39, 0.29) is 6.04 Å². The summed E-state index contributed by atoms with van der Waals surface area (Å²) in [5.41, 5.74) is 4.87. The van der Waals surface area contributed by atoms with Crippen molar-refractivity contribution < 1.29 is 8.42 Å². The molecule has 0 radical (unpaired) electrons. The molecule has 0 spiro atoms. The van der Waals surface area contributed by atoms with Crippen molar-refractivity contribution in [2.45, 2.75) is 36.4 Å². The van der Waals surface area contributed by atoms with Crippen LogP contribution in [-0.4, -0.2) is 19.4 Å². The Morgan fingerprint density at radius 3 is 2.96 bits per heavy atom. The quantitative estimate of drug-likeness (QED) is 0.764. The third-order valence-corrected chi connectivity index (χ3v) is 7.34. The van der Waals surface area contributed by atoms with E-state index < -0.39 is 10.0 Å². The molecule has 1 aliphatic carbocycles. The fourth-order valence-corrected chi connectivity index (χ4v) is 5.61. The van der Waals surface area contributed by atoms with Crippen molar-refractivity contribution in [1.29, 1.82) is 0 Å². The van der Waals surface area contributed by atoms with Gasteiger partial charge < -0.3 is 4.98 Å². The van der Waals surface area contributed by atoms with Crippen molar-refractivity contribution in [3.63, 3.8) is 0 Å². The molecular weight excluding hydrogens is 328 g/mol. The van der Waals surface area contributed by atoms with Crippen molar-refractivity contribution in [2.75, 3.05) is 0 Å². The van der Waals surface area contributed by atoms with Crippen molar-refractivity contribution in [3.05, 3.63) is 52.5 Å². The minimum Gasteiger partial charge on any atom is -0.358 e. The number of sulfonamides is 1. The van der Waals surface area contributed by atoms with Crippen molar-refractivity contribution in [1.82, 2.24) is 9.71 Å². The highest BCUT2D eigenvalue weighted by atomic mass is 32.2. The van der Waals surface area contributed by atoms with Crippen molar-refractivity contribution in [3.8, 4) is 0 Å². The molecule has 6 heteroatoms. The minimum atomic E-state index is -3.41. The Morgan fingerprint density at radius 2 is 2.17 bits per heavy atom. The molecule has 2 N–H and O–H groups in total. The number of hydrogen-bond acceptors (Lipinski definition) is 3. The summed E-state index contributed by atoms with van der Waals surface area (Å²) < 4.78 is 28.1. The fourth-order valence-electron chi connectivity index (χ4n) is 3.33. The molecule has 0 fully saturated rings. The van der Waals surface area contributed by atoms with Gasteiger partial charge in [-0.05, 0) is 55.3 Å². The van der Waals surface area contributed by atoms with Crippen molar-refractivity contribution >= 4 is 32.3 Å². The Kier molecular flexibility index (Phi) is 3.55. The summed E-state index contributed by atoms with van der Waals surface area (Å²) in [6.45, 7) is 2.08. The van der Waals surface area contributed by atoms with Crippen LogP contribution in [-0.2, 0) is 22.9 Å². The highest BCUT2D eigenvalue weighted by molar-refractivity contribution is 7.91. The molecule has 1 unspecified atom stereocenters. The Labute approximate surface area is 139 Å². The number of H-pyrrole nitrogens is 1. The lowest BCUT2D eigenvalue weighted by atomic mass is 9.92. The van der Waals surface area contributed by atoms with Crippen LogP contribution in [0, 0.1) is 6.92 Å². The lowest BCUT2D eigenvalue weighted by Crippen LogP contribution is -2.38. The standard InChI is InChI=1S/C17H18N2O2S2/c1-11-4-6-15-13(9-11)14-10-12(5-7-16(14)18-15)19-23(20,21)17-3-2-8-22-17/h2-4,6,8-9,12,18-19H,5,7,10H2,1H3. The molecule has 23 heavy (non-hydrogen) atoms. The minimum absolute atomic E-state index is 0.0471. The average Bonchev–Trinajstić information content (AvgIpc) is 3.15. The van der Waals surface area contributed by atoms with Crippen LogP contribution in [0.3, 0.4) is 0 Å². The van der Waals surface area contributed by atoms with Gasteiger partial charge in [-0.3, -0.25) is 0 Å². The number of nitrogens with one attached hydrogen (secondary N) is 2. The van der Waals surface area contributed by atoms with E-state index in [4.69, 9.17) is 0 Å². The monoisotopic (exact) mass is 346 g/mol. The highest BCUT2D eigenvalue weighted by Gasteiger charge is 2.27. The zero-order chi connectivity index (χ0) is 16.0. The van der Waals surface area contributed by atoms with Gasteiger partial charge in [-0.15, -0.1) is 11.3 Å². The molecule has 0 saturated heterocycles. The maximum Gasteiger partial charge on any atom is 0.250 e.